The van der Waals surface area contributed by atoms with E-state index in [-0.39, 0.29) is 23.3 Å². The number of aromatic nitrogens is 1. The van der Waals surface area contributed by atoms with Crippen LogP contribution >= 0.6 is 0 Å². The number of hydrogen-bond acceptors (Lipinski definition) is 5. The molecule has 1 aromatic heterocycles. The zero-order valence-electron chi connectivity index (χ0n) is 23.0. The lowest BCUT2D eigenvalue weighted by Crippen LogP contribution is -2.29. The Labute approximate surface area is 225 Å². The van der Waals surface area contributed by atoms with Crippen molar-refractivity contribution in [3.05, 3.63) is 100 Å². The van der Waals surface area contributed by atoms with E-state index in [4.69, 9.17) is 4.74 Å². The Bertz CT molecular complexity index is 1350. The predicted molar refractivity (Wildman–Crippen MR) is 149 cm³/mol. The molecule has 6 heteroatoms. The largest absolute Gasteiger partial charge is 0.507 e. The molecule has 1 aliphatic heterocycles. The average molecular weight is 513 g/mol. The number of ketones is 1. The van der Waals surface area contributed by atoms with Crippen LogP contribution in [0.1, 0.15) is 68.5 Å². The number of amides is 1. The van der Waals surface area contributed by atoms with Crippen molar-refractivity contribution >= 4 is 17.4 Å². The number of carbonyl (C=O) groups excluding carboxylic acids is 2. The topological polar surface area (TPSA) is 79.7 Å². The van der Waals surface area contributed by atoms with Gasteiger partial charge in [-0.2, -0.15) is 0 Å². The Balaban J connectivity index is 1.80. The molecule has 0 spiro atoms. The second kappa shape index (κ2) is 10.8. The third kappa shape index (κ3) is 5.64. The van der Waals surface area contributed by atoms with Gasteiger partial charge in [0.15, 0.2) is 0 Å². The maximum absolute atomic E-state index is 13.4. The first-order valence-corrected chi connectivity index (χ1v) is 13.0. The minimum atomic E-state index is -0.735. The van der Waals surface area contributed by atoms with Crippen LogP contribution in [-0.4, -0.2) is 33.3 Å². The van der Waals surface area contributed by atoms with Crippen LogP contribution in [-0.2, 0) is 21.5 Å². The molecular formula is C32H36N2O4. The van der Waals surface area contributed by atoms with Crippen molar-refractivity contribution in [1.82, 2.24) is 9.88 Å². The number of aliphatic hydroxyl groups excluding tert-OH is 1. The maximum Gasteiger partial charge on any atom is 0.295 e. The molecule has 3 aromatic rings. The van der Waals surface area contributed by atoms with E-state index < -0.39 is 17.7 Å². The summed E-state index contributed by atoms with van der Waals surface area (Å²) in [4.78, 5) is 32.4. The summed E-state index contributed by atoms with van der Waals surface area (Å²) in [5, 5.41) is 11.5. The number of pyridine rings is 1. The summed E-state index contributed by atoms with van der Waals surface area (Å²) in [5.74, 6) is -0.437. The van der Waals surface area contributed by atoms with Crippen molar-refractivity contribution in [3.63, 3.8) is 0 Å². The third-order valence-electron chi connectivity index (χ3n) is 6.73. The second-order valence-electron chi connectivity index (χ2n) is 11.3. The first kappa shape index (κ1) is 27.1. The van der Waals surface area contributed by atoms with Gasteiger partial charge in [0.1, 0.15) is 11.5 Å². The summed E-state index contributed by atoms with van der Waals surface area (Å²) >= 11 is 0. The van der Waals surface area contributed by atoms with Gasteiger partial charge in [-0.3, -0.25) is 14.6 Å². The van der Waals surface area contributed by atoms with Gasteiger partial charge < -0.3 is 14.7 Å². The number of Topliss-reactive ketones (excluding diaryl/α,β-unsaturated/α-hetero) is 1. The molecule has 0 saturated carbocycles. The predicted octanol–water partition coefficient (Wildman–Crippen LogP) is 6.34. The molecule has 0 bridgehead atoms. The van der Waals surface area contributed by atoms with Gasteiger partial charge in [0.25, 0.3) is 11.7 Å². The van der Waals surface area contributed by atoms with Gasteiger partial charge >= 0.3 is 0 Å². The third-order valence-corrected chi connectivity index (χ3v) is 6.73. The summed E-state index contributed by atoms with van der Waals surface area (Å²) in [6.45, 7) is 13.2. The van der Waals surface area contributed by atoms with Gasteiger partial charge in [0.2, 0.25) is 0 Å². The van der Waals surface area contributed by atoms with Crippen molar-refractivity contribution in [2.45, 2.75) is 59.5 Å². The highest BCUT2D eigenvalue weighted by atomic mass is 16.5. The van der Waals surface area contributed by atoms with Gasteiger partial charge in [0.05, 0.1) is 18.2 Å². The number of likely N-dealkylation sites (tertiary alicyclic amines) is 1. The van der Waals surface area contributed by atoms with E-state index in [1.165, 1.54) is 4.90 Å². The fraction of sp³-hybridized carbons (Fsp3) is 0.344. The van der Waals surface area contributed by atoms with Crippen molar-refractivity contribution < 1.29 is 19.4 Å². The van der Waals surface area contributed by atoms with Gasteiger partial charge in [-0.1, -0.05) is 65.0 Å². The first-order chi connectivity index (χ1) is 18.0. The number of aryl methyl sites for hydroxylation is 1. The van der Waals surface area contributed by atoms with Crippen LogP contribution in [0, 0.1) is 12.8 Å². The molecule has 2 heterocycles. The van der Waals surface area contributed by atoms with Crippen LogP contribution in [0.15, 0.2) is 72.6 Å². The average Bonchev–Trinajstić information content (AvgIpc) is 3.12. The summed E-state index contributed by atoms with van der Waals surface area (Å²) in [6, 6.07) is 16.2. The molecule has 0 aliphatic carbocycles. The molecule has 1 fully saturated rings. The Kier molecular flexibility index (Phi) is 7.72. The second-order valence-corrected chi connectivity index (χ2v) is 11.3. The van der Waals surface area contributed by atoms with Crippen LogP contribution in [0.4, 0.5) is 0 Å². The zero-order valence-corrected chi connectivity index (χ0v) is 23.0. The Hall–Kier alpha value is -3.93. The minimum absolute atomic E-state index is 0.0486. The monoisotopic (exact) mass is 512 g/mol. The van der Waals surface area contributed by atoms with Crippen LogP contribution in [0.3, 0.4) is 0 Å². The van der Waals surface area contributed by atoms with Gasteiger partial charge in [-0.15, -0.1) is 0 Å². The molecule has 0 radical (unpaired) electrons. The molecule has 1 aliphatic rings. The molecule has 198 valence electrons. The van der Waals surface area contributed by atoms with E-state index in [1.54, 1.807) is 36.7 Å². The van der Waals surface area contributed by atoms with Gasteiger partial charge in [-0.25, -0.2) is 0 Å². The highest BCUT2D eigenvalue weighted by Crippen LogP contribution is 2.41. The molecule has 6 nitrogen and oxygen atoms in total. The van der Waals surface area contributed by atoms with Crippen molar-refractivity contribution in [3.8, 4) is 5.75 Å². The smallest absolute Gasteiger partial charge is 0.295 e. The molecule has 2 aromatic carbocycles. The summed E-state index contributed by atoms with van der Waals surface area (Å²) in [7, 11) is 0. The molecular weight excluding hydrogens is 476 g/mol. The van der Waals surface area contributed by atoms with E-state index in [2.05, 4.69) is 39.6 Å². The number of nitrogens with zero attached hydrogens (tertiary/aromatic N) is 2. The molecule has 0 unspecified atom stereocenters. The number of carbonyl (C=O) groups is 2. The molecule has 38 heavy (non-hydrogen) atoms. The van der Waals surface area contributed by atoms with Crippen LogP contribution in [0.2, 0.25) is 0 Å². The Morgan fingerprint density at radius 2 is 1.79 bits per heavy atom. The van der Waals surface area contributed by atoms with Crippen molar-refractivity contribution in [2.24, 2.45) is 5.92 Å². The fourth-order valence-corrected chi connectivity index (χ4v) is 4.61. The highest BCUT2D eigenvalue weighted by Gasteiger charge is 2.46. The summed E-state index contributed by atoms with van der Waals surface area (Å²) in [5.41, 5.74) is 4.04. The van der Waals surface area contributed by atoms with Gasteiger partial charge in [-0.05, 0) is 64.8 Å². The number of hydrogen-bond donors (Lipinski definition) is 1. The Morgan fingerprint density at radius 3 is 2.37 bits per heavy atom. The minimum Gasteiger partial charge on any atom is -0.507 e. The quantitative estimate of drug-likeness (QED) is 0.227. The maximum atomic E-state index is 13.4. The number of rotatable bonds is 7. The van der Waals surface area contributed by atoms with E-state index in [9.17, 15) is 14.7 Å². The van der Waals surface area contributed by atoms with E-state index in [1.807, 2.05) is 37.3 Å². The van der Waals surface area contributed by atoms with Gasteiger partial charge in [0, 0.05) is 24.5 Å². The van der Waals surface area contributed by atoms with Crippen molar-refractivity contribution in [1.29, 1.82) is 0 Å². The van der Waals surface area contributed by atoms with E-state index >= 15 is 0 Å². The number of ether oxygens (including phenoxy) is 1. The molecule has 1 atom stereocenters. The van der Waals surface area contributed by atoms with Crippen LogP contribution in [0.25, 0.3) is 5.76 Å². The highest BCUT2D eigenvalue weighted by molar-refractivity contribution is 6.46. The normalized spacial score (nSPS) is 17.3. The lowest BCUT2D eigenvalue weighted by atomic mass is 9.85. The molecule has 1 N–H and O–H groups in total. The number of benzene rings is 2. The number of aliphatic hydroxyl groups is 1. The van der Waals surface area contributed by atoms with Crippen molar-refractivity contribution in [2.75, 3.05) is 6.61 Å². The molecule has 4 rings (SSSR count). The standard InChI is InChI=1S/C32H36N2O4/c1-20(2)19-38-26-14-11-24(16-21(26)3)29(35)27-28(23-9-12-25(13-10-23)32(4,5)6)34(31(37)30(27)36)18-22-8-7-15-33-17-22/h7-17,20,28,35H,18-19H2,1-6H3/b29-27+/t28-/m1/s1. The summed E-state index contributed by atoms with van der Waals surface area (Å²) in [6.07, 6.45) is 3.34. The SMILES string of the molecule is Cc1cc(/C(O)=C2\C(=O)C(=O)N(Cc3cccnc3)[C@@H]2c2ccc(C(C)(C)C)cc2)ccc1OCC(C)C. The fourth-order valence-electron chi connectivity index (χ4n) is 4.61. The molecule has 1 amide bonds. The lowest BCUT2D eigenvalue weighted by molar-refractivity contribution is -0.140. The van der Waals surface area contributed by atoms with Crippen LogP contribution < -0.4 is 4.74 Å². The Morgan fingerprint density at radius 1 is 1.08 bits per heavy atom. The van der Waals surface area contributed by atoms with E-state index in [0.717, 1.165) is 28.0 Å². The summed E-state index contributed by atoms with van der Waals surface area (Å²) < 4.78 is 5.88. The van der Waals surface area contributed by atoms with Crippen LogP contribution in [0.5, 0.6) is 5.75 Å². The molecule has 1 saturated heterocycles. The van der Waals surface area contributed by atoms with E-state index in [0.29, 0.717) is 18.1 Å². The first-order valence-electron chi connectivity index (χ1n) is 13.0. The zero-order chi connectivity index (χ0) is 27.6. The lowest BCUT2D eigenvalue weighted by Gasteiger charge is -2.26.